The summed E-state index contributed by atoms with van der Waals surface area (Å²) < 4.78 is 0. The molecule has 2 rings (SSSR count). The van der Waals surface area contributed by atoms with Gasteiger partial charge in [-0.1, -0.05) is 0 Å². The predicted molar refractivity (Wildman–Crippen MR) is 78.0 cm³/mol. The second kappa shape index (κ2) is 6.36. The lowest BCUT2D eigenvalue weighted by Crippen LogP contribution is -2.52. The second-order valence-corrected chi connectivity index (χ2v) is 6.68. The van der Waals surface area contributed by atoms with Crippen LogP contribution in [0.25, 0.3) is 0 Å². The van der Waals surface area contributed by atoms with Crippen molar-refractivity contribution in [2.24, 2.45) is 5.92 Å². The van der Waals surface area contributed by atoms with Gasteiger partial charge in [-0.05, 0) is 59.7 Å². The molecule has 0 aromatic rings. The highest BCUT2D eigenvalue weighted by atomic mass is 15.3. The zero-order valence-electron chi connectivity index (χ0n) is 12.7. The van der Waals surface area contributed by atoms with Gasteiger partial charge in [-0.15, -0.1) is 0 Å². The molecule has 0 aliphatic carbocycles. The van der Waals surface area contributed by atoms with Crippen LogP contribution in [-0.4, -0.2) is 73.1 Å². The van der Waals surface area contributed by atoms with Crippen molar-refractivity contribution < 1.29 is 0 Å². The van der Waals surface area contributed by atoms with Crippen LogP contribution in [0.15, 0.2) is 0 Å². The second-order valence-electron chi connectivity index (χ2n) is 6.68. The van der Waals surface area contributed by atoms with Crippen LogP contribution in [0.2, 0.25) is 0 Å². The van der Waals surface area contributed by atoms with E-state index in [1.165, 1.54) is 52.1 Å². The van der Waals surface area contributed by atoms with Crippen LogP contribution in [-0.2, 0) is 0 Å². The van der Waals surface area contributed by atoms with E-state index >= 15 is 0 Å². The van der Waals surface area contributed by atoms with Crippen molar-refractivity contribution in [2.45, 2.75) is 45.7 Å². The van der Waals surface area contributed by atoms with Crippen LogP contribution in [0, 0.1) is 5.92 Å². The molecule has 18 heavy (non-hydrogen) atoms. The third-order valence-corrected chi connectivity index (χ3v) is 4.84. The summed E-state index contributed by atoms with van der Waals surface area (Å²) in [5, 5.41) is 0. The third-order valence-electron chi connectivity index (χ3n) is 4.84. The van der Waals surface area contributed by atoms with E-state index in [9.17, 15) is 0 Å². The van der Waals surface area contributed by atoms with Crippen LogP contribution in [0.1, 0.15) is 33.6 Å². The van der Waals surface area contributed by atoms with Crippen molar-refractivity contribution >= 4 is 0 Å². The summed E-state index contributed by atoms with van der Waals surface area (Å²) in [7, 11) is 2.25. The fourth-order valence-electron chi connectivity index (χ4n) is 3.43. The molecule has 2 heterocycles. The Morgan fingerprint density at radius 3 is 2.28 bits per heavy atom. The molecule has 0 spiro atoms. The molecule has 0 amide bonds. The van der Waals surface area contributed by atoms with E-state index in [2.05, 4.69) is 42.5 Å². The van der Waals surface area contributed by atoms with E-state index in [1.807, 2.05) is 0 Å². The fourth-order valence-corrected chi connectivity index (χ4v) is 3.43. The molecule has 0 saturated carbocycles. The Kier molecular flexibility index (Phi) is 5.05. The monoisotopic (exact) mass is 253 g/mol. The molecule has 0 aromatic heterocycles. The Morgan fingerprint density at radius 2 is 1.72 bits per heavy atom. The molecule has 1 unspecified atom stereocenters. The van der Waals surface area contributed by atoms with Gasteiger partial charge in [0.15, 0.2) is 0 Å². The van der Waals surface area contributed by atoms with Gasteiger partial charge in [-0.2, -0.15) is 0 Å². The van der Waals surface area contributed by atoms with Gasteiger partial charge >= 0.3 is 0 Å². The van der Waals surface area contributed by atoms with Crippen molar-refractivity contribution in [3.8, 4) is 0 Å². The maximum atomic E-state index is 2.72. The number of piperidine rings is 1. The van der Waals surface area contributed by atoms with Crippen LogP contribution in [0.4, 0.5) is 0 Å². The molecule has 0 radical (unpaired) electrons. The van der Waals surface area contributed by atoms with Crippen molar-refractivity contribution in [3.05, 3.63) is 0 Å². The quantitative estimate of drug-likeness (QED) is 0.758. The van der Waals surface area contributed by atoms with Gasteiger partial charge in [-0.25, -0.2) is 0 Å². The maximum Gasteiger partial charge on any atom is 0.0195 e. The molecule has 2 fully saturated rings. The minimum Gasteiger partial charge on any atom is -0.304 e. The van der Waals surface area contributed by atoms with Gasteiger partial charge in [-0.3, -0.25) is 4.90 Å². The van der Waals surface area contributed by atoms with Crippen LogP contribution in [0.5, 0.6) is 0 Å². The highest BCUT2D eigenvalue weighted by molar-refractivity contribution is 4.82. The number of rotatable bonds is 3. The minimum atomic E-state index is 0.730. The smallest absolute Gasteiger partial charge is 0.0195 e. The third kappa shape index (κ3) is 3.69. The molecular weight excluding hydrogens is 222 g/mol. The summed E-state index contributed by atoms with van der Waals surface area (Å²) in [5.41, 5.74) is 0. The summed E-state index contributed by atoms with van der Waals surface area (Å²) in [6.07, 6.45) is 2.80. The largest absolute Gasteiger partial charge is 0.304 e. The normalized spacial score (nSPS) is 30.2. The van der Waals surface area contributed by atoms with E-state index < -0.39 is 0 Å². The molecule has 1 atom stereocenters. The van der Waals surface area contributed by atoms with Crippen molar-refractivity contribution in [1.29, 1.82) is 0 Å². The minimum absolute atomic E-state index is 0.730. The summed E-state index contributed by atoms with van der Waals surface area (Å²) in [6, 6.07) is 1.47. The average molecular weight is 253 g/mol. The zero-order chi connectivity index (χ0) is 13.1. The average Bonchev–Trinajstić information content (AvgIpc) is 2.33. The number of hydrogen-bond acceptors (Lipinski definition) is 3. The molecule has 0 aromatic carbocycles. The van der Waals surface area contributed by atoms with Gasteiger partial charge in [0.05, 0.1) is 0 Å². The fraction of sp³-hybridized carbons (Fsp3) is 1.00. The van der Waals surface area contributed by atoms with Gasteiger partial charge in [0.2, 0.25) is 0 Å². The van der Waals surface area contributed by atoms with E-state index in [4.69, 9.17) is 0 Å². The van der Waals surface area contributed by atoms with Crippen molar-refractivity contribution in [1.82, 2.24) is 14.7 Å². The number of likely N-dealkylation sites (tertiary alicyclic amines) is 1. The summed E-state index contributed by atoms with van der Waals surface area (Å²) in [6.45, 7) is 14.7. The highest BCUT2D eigenvalue weighted by Gasteiger charge is 2.26. The topological polar surface area (TPSA) is 9.72 Å². The van der Waals surface area contributed by atoms with Gasteiger partial charge in [0.1, 0.15) is 0 Å². The Morgan fingerprint density at radius 1 is 1.06 bits per heavy atom. The van der Waals surface area contributed by atoms with E-state index in [0.717, 1.165) is 18.0 Å². The van der Waals surface area contributed by atoms with Crippen LogP contribution < -0.4 is 0 Å². The SMILES string of the molecule is CC(C)N1CCC(CN2CCN(C)CC2C)CC1. The zero-order valence-corrected chi connectivity index (χ0v) is 12.7. The number of hydrogen-bond donors (Lipinski definition) is 0. The molecule has 2 aliphatic heterocycles. The van der Waals surface area contributed by atoms with Crippen LogP contribution in [0.3, 0.4) is 0 Å². The molecule has 2 saturated heterocycles. The van der Waals surface area contributed by atoms with Gasteiger partial charge in [0, 0.05) is 38.3 Å². The number of nitrogens with zero attached hydrogens (tertiary/aromatic N) is 3. The van der Waals surface area contributed by atoms with Crippen molar-refractivity contribution in [3.63, 3.8) is 0 Å². The summed E-state index contributed by atoms with van der Waals surface area (Å²) in [5.74, 6) is 0.936. The number of piperazine rings is 1. The van der Waals surface area contributed by atoms with Crippen LogP contribution >= 0.6 is 0 Å². The lowest BCUT2D eigenvalue weighted by Gasteiger charge is -2.42. The Bertz CT molecular complexity index is 246. The van der Waals surface area contributed by atoms with E-state index in [-0.39, 0.29) is 0 Å². The molecule has 0 bridgehead atoms. The first kappa shape index (κ1) is 14.3. The van der Waals surface area contributed by atoms with E-state index in [0.29, 0.717) is 0 Å². The molecule has 3 heteroatoms. The lowest BCUT2D eigenvalue weighted by molar-refractivity contribution is 0.0630. The molecule has 2 aliphatic rings. The van der Waals surface area contributed by atoms with Crippen molar-refractivity contribution in [2.75, 3.05) is 46.3 Å². The van der Waals surface area contributed by atoms with E-state index in [1.54, 1.807) is 0 Å². The Labute approximate surface area is 113 Å². The first-order valence-corrected chi connectivity index (χ1v) is 7.73. The molecule has 3 nitrogen and oxygen atoms in total. The molecule has 106 valence electrons. The predicted octanol–water partition coefficient (Wildman–Crippen LogP) is 1.74. The lowest BCUT2D eigenvalue weighted by atomic mass is 9.94. The molecular formula is C15H31N3. The molecule has 0 N–H and O–H groups in total. The Hall–Kier alpha value is -0.120. The summed E-state index contributed by atoms with van der Waals surface area (Å²) in [4.78, 5) is 7.81. The highest BCUT2D eigenvalue weighted by Crippen LogP contribution is 2.21. The maximum absolute atomic E-state index is 2.72. The van der Waals surface area contributed by atoms with Gasteiger partial charge in [0.25, 0.3) is 0 Å². The van der Waals surface area contributed by atoms with Gasteiger partial charge < -0.3 is 9.80 Å². The standard InChI is InChI=1S/C15H31N3/c1-13(2)17-7-5-15(6-8-17)12-18-10-9-16(4)11-14(18)3/h13-15H,5-12H2,1-4H3. The first-order chi connectivity index (χ1) is 8.56. The Balaban J connectivity index is 1.74. The summed E-state index contributed by atoms with van der Waals surface area (Å²) >= 11 is 0. The first-order valence-electron chi connectivity index (χ1n) is 7.73. The number of likely N-dealkylation sites (N-methyl/N-ethyl adjacent to an activating group) is 1.